The molecule has 0 unspecified atom stereocenters. The molecule has 0 bridgehead atoms. The minimum Gasteiger partial charge on any atom is -0.494 e. The zero-order chi connectivity index (χ0) is 24.0. The van der Waals surface area contributed by atoms with Gasteiger partial charge in [-0.3, -0.25) is 9.59 Å². The number of unbranched alkanes of at least 4 members (excludes halogenated alkanes) is 1. The average Bonchev–Trinajstić information content (AvgIpc) is 3.10. The molecule has 1 aromatic heterocycles. The first-order valence-corrected chi connectivity index (χ1v) is 13.2. The minimum atomic E-state index is -3.41. The summed E-state index contributed by atoms with van der Waals surface area (Å²) in [4.78, 5) is 29.6. The van der Waals surface area contributed by atoms with Gasteiger partial charge in [-0.25, -0.2) is 8.42 Å². The van der Waals surface area contributed by atoms with Gasteiger partial charge < -0.3 is 14.0 Å². The quantitative estimate of drug-likeness (QED) is 0.335. The second-order valence-electron chi connectivity index (χ2n) is 7.32. The van der Waals surface area contributed by atoms with Crippen molar-refractivity contribution < 1.29 is 27.5 Å². The summed E-state index contributed by atoms with van der Waals surface area (Å²) in [7, 11) is -3.41. The molecule has 1 heterocycles. The molecule has 0 atom stereocenters. The van der Waals surface area contributed by atoms with Crippen LogP contribution in [0.3, 0.4) is 0 Å². The SMILES string of the molecule is CCCCOc1ccc(C(=O)N=c2sc3cc(S(C)(=O)=O)ccc3n2CC(=O)OCC)cc1. The predicted molar refractivity (Wildman–Crippen MR) is 126 cm³/mol. The number of carbonyl (C=O) groups excluding carboxylic acids is 2. The molecule has 0 fully saturated rings. The molecule has 0 spiro atoms. The molecule has 1 amide bonds. The van der Waals surface area contributed by atoms with Gasteiger partial charge in [0.25, 0.3) is 5.91 Å². The Morgan fingerprint density at radius 2 is 1.82 bits per heavy atom. The number of hydrogen-bond acceptors (Lipinski definition) is 7. The molecule has 0 saturated carbocycles. The monoisotopic (exact) mass is 490 g/mol. The van der Waals surface area contributed by atoms with E-state index >= 15 is 0 Å². The van der Waals surface area contributed by atoms with Gasteiger partial charge in [-0.05, 0) is 55.8 Å². The number of thiazole rings is 1. The summed E-state index contributed by atoms with van der Waals surface area (Å²) in [5.74, 6) is -0.290. The number of carbonyl (C=O) groups is 2. The number of ether oxygens (including phenoxy) is 2. The van der Waals surface area contributed by atoms with Crippen molar-refractivity contribution in [3.8, 4) is 5.75 Å². The highest BCUT2D eigenvalue weighted by Crippen LogP contribution is 2.22. The number of benzene rings is 2. The highest BCUT2D eigenvalue weighted by atomic mass is 32.2. The number of rotatable bonds is 9. The van der Waals surface area contributed by atoms with Crippen molar-refractivity contribution in [1.29, 1.82) is 0 Å². The molecular weight excluding hydrogens is 464 g/mol. The third-order valence-electron chi connectivity index (χ3n) is 4.74. The fourth-order valence-electron chi connectivity index (χ4n) is 3.04. The zero-order valence-corrected chi connectivity index (χ0v) is 20.4. The third-order valence-corrected chi connectivity index (χ3v) is 6.89. The van der Waals surface area contributed by atoms with Gasteiger partial charge in [0.1, 0.15) is 12.3 Å². The topological polar surface area (TPSA) is 104 Å². The van der Waals surface area contributed by atoms with Gasteiger partial charge >= 0.3 is 5.97 Å². The number of sulfone groups is 1. The lowest BCUT2D eigenvalue weighted by atomic mass is 10.2. The zero-order valence-electron chi connectivity index (χ0n) is 18.7. The van der Waals surface area contributed by atoms with Crippen LogP contribution in [-0.4, -0.2) is 44.3 Å². The largest absolute Gasteiger partial charge is 0.494 e. The number of hydrogen-bond donors (Lipinski definition) is 0. The summed E-state index contributed by atoms with van der Waals surface area (Å²) < 4.78 is 36.7. The van der Waals surface area contributed by atoms with Crippen LogP contribution in [0.1, 0.15) is 37.0 Å². The molecule has 0 aliphatic heterocycles. The molecule has 8 nitrogen and oxygen atoms in total. The molecule has 10 heteroatoms. The molecule has 3 aromatic rings. The van der Waals surface area contributed by atoms with Crippen molar-refractivity contribution in [2.75, 3.05) is 19.5 Å². The standard InChI is InChI=1S/C23H26N2O6S2/c1-4-6-13-31-17-9-7-16(8-10-17)22(27)24-23-25(15-21(26)30-5-2)19-12-11-18(33(3,28)29)14-20(19)32-23/h7-12,14H,4-6,13,15H2,1-3H3. The van der Waals surface area contributed by atoms with Gasteiger partial charge in [0.05, 0.1) is 28.3 Å². The highest BCUT2D eigenvalue weighted by Gasteiger charge is 2.16. The van der Waals surface area contributed by atoms with Gasteiger partial charge in [-0.15, -0.1) is 0 Å². The van der Waals surface area contributed by atoms with Crippen LogP contribution in [0.2, 0.25) is 0 Å². The molecule has 176 valence electrons. The van der Waals surface area contributed by atoms with E-state index in [2.05, 4.69) is 11.9 Å². The van der Waals surface area contributed by atoms with Crippen molar-refractivity contribution in [2.24, 2.45) is 4.99 Å². The Hall–Kier alpha value is -2.98. The number of nitrogens with zero attached hydrogens (tertiary/aromatic N) is 2. The van der Waals surface area contributed by atoms with Crippen molar-refractivity contribution in [3.63, 3.8) is 0 Å². The van der Waals surface area contributed by atoms with E-state index in [9.17, 15) is 18.0 Å². The van der Waals surface area contributed by atoms with Crippen molar-refractivity contribution >= 4 is 43.3 Å². The van der Waals surface area contributed by atoms with Crippen LogP contribution in [-0.2, 0) is 25.9 Å². The summed E-state index contributed by atoms with van der Waals surface area (Å²) in [6.45, 7) is 4.47. The van der Waals surface area contributed by atoms with E-state index in [0.717, 1.165) is 30.4 Å². The fourth-order valence-corrected chi connectivity index (χ4v) is 4.83. The second-order valence-corrected chi connectivity index (χ2v) is 10.3. The number of aromatic nitrogens is 1. The molecule has 0 radical (unpaired) electrons. The van der Waals surface area contributed by atoms with E-state index in [-0.39, 0.29) is 22.8 Å². The first-order valence-electron chi connectivity index (χ1n) is 10.5. The lowest BCUT2D eigenvalue weighted by molar-refractivity contribution is -0.143. The Labute approximate surface area is 196 Å². The van der Waals surface area contributed by atoms with E-state index in [0.29, 0.717) is 28.1 Å². The Kier molecular flexibility index (Phi) is 8.04. The van der Waals surface area contributed by atoms with Crippen molar-refractivity contribution in [3.05, 3.63) is 52.8 Å². The normalized spacial score (nSPS) is 12.2. The molecule has 33 heavy (non-hydrogen) atoms. The summed E-state index contributed by atoms with van der Waals surface area (Å²) >= 11 is 1.13. The summed E-state index contributed by atoms with van der Waals surface area (Å²) in [5.41, 5.74) is 0.960. The lowest BCUT2D eigenvalue weighted by Crippen LogP contribution is -2.23. The van der Waals surface area contributed by atoms with E-state index in [1.807, 2.05) is 0 Å². The maximum atomic E-state index is 12.8. The molecule has 3 rings (SSSR count). The first-order chi connectivity index (χ1) is 15.7. The Morgan fingerprint density at radius 3 is 2.45 bits per heavy atom. The second kappa shape index (κ2) is 10.8. The van der Waals surface area contributed by atoms with Crippen molar-refractivity contribution in [2.45, 2.75) is 38.1 Å². The van der Waals surface area contributed by atoms with E-state index in [4.69, 9.17) is 9.47 Å². The van der Waals surface area contributed by atoms with Crippen molar-refractivity contribution in [1.82, 2.24) is 4.57 Å². The van der Waals surface area contributed by atoms with E-state index < -0.39 is 21.7 Å². The van der Waals surface area contributed by atoms with Crippen LogP contribution >= 0.6 is 11.3 Å². The highest BCUT2D eigenvalue weighted by molar-refractivity contribution is 7.90. The first kappa shape index (κ1) is 24.7. The summed E-state index contributed by atoms with van der Waals surface area (Å²) in [6, 6.07) is 11.3. The van der Waals surface area contributed by atoms with Crippen LogP contribution in [0.4, 0.5) is 0 Å². The number of amides is 1. The smallest absolute Gasteiger partial charge is 0.326 e. The lowest BCUT2D eigenvalue weighted by Gasteiger charge is -2.06. The van der Waals surface area contributed by atoms with Crippen LogP contribution in [0.5, 0.6) is 5.75 Å². The van der Waals surface area contributed by atoms with Crippen LogP contribution in [0.15, 0.2) is 52.4 Å². The van der Waals surface area contributed by atoms with Gasteiger partial charge in [0.2, 0.25) is 0 Å². The van der Waals surface area contributed by atoms with E-state index in [1.165, 1.54) is 12.1 Å². The molecule has 0 aliphatic carbocycles. The van der Waals surface area contributed by atoms with Gasteiger partial charge in [-0.2, -0.15) is 4.99 Å². The maximum absolute atomic E-state index is 12.8. The average molecular weight is 491 g/mol. The molecule has 2 aromatic carbocycles. The molecule has 0 N–H and O–H groups in total. The molecule has 0 saturated heterocycles. The summed E-state index contributed by atoms with van der Waals surface area (Å²) in [5, 5.41) is 0. The minimum absolute atomic E-state index is 0.149. The predicted octanol–water partition coefficient (Wildman–Crippen LogP) is 3.59. The Balaban J connectivity index is 2.00. The maximum Gasteiger partial charge on any atom is 0.326 e. The Morgan fingerprint density at radius 1 is 1.09 bits per heavy atom. The summed E-state index contributed by atoms with van der Waals surface area (Å²) in [6.07, 6.45) is 3.10. The number of fused-ring (bicyclic) bond motifs is 1. The van der Waals surface area contributed by atoms with Crippen LogP contribution in [0.25, 0.3) is 10.2 Å². The molecule has 0 aliphatic rings. The fraction of sp³-hybridized carbons (Fsp3) is 0.348. The third kappa shape index (κ3) is 6.29. The van der Waals surface area contributed by atoms with E-state index in [1.54, 1.807) is 41.8 Å². The Bertz CT molecular complexity index is 1320. The number of esters is 1. The molecular formula is C23H26N2O6S2. The van der Waals surface area contributed by atoms with Gasteiger partial charge in [0.15, 0.2) is 14.6 Å². The van der Waals surface area contributed by atoms with Gasteiger partial charge in [0, 0.05) is 11.8 Å². The van der Waals surface area contributed by atoms with Crippen LogP contribution < -0.4 is 9.54 Å². The van der Waals surface area contributed by atoms with Gasteiger partial charge in [-0.1, -0.05) is 24.7 Å². The van der Waals surface area contributed by atoms with Crippen LogP contribution in [0, 0.1) is 0 Å².